The van der Waals surface area contributed by atoms with Crippen LogP contribution in [0.15, 0.2) is 4.52 Å². The van der Waals surface area contributed by atoms with Gasteiger partial charge in [0.15, 0.2) is 5.69 Å². The number of hydrogen-bond donors (Lipinski definition) is 1. The monoisotopic (exact) mass is 301 g/mol. The summed E-state index contributed by atoms with van der Waals surface area (Å²) in [5, 5.41) is 15.3. The summed E-state index contributed by atoms with van der Waals surface area (Å²) in [4.78, 5) is 12.5. The van der Waals surface area contributed by atoms with Gasteiger partial charge in [0.25, 0.3) is 5.91 Å². The van der Waals surface area contributed by atoms with E-state index in [-0.39, 0.29) is 11.9 Å². The van der Waals surface area contributed by atoms with Crippen LogP contribution in [0.3, 0.4) is 0 Å². The quantitative estimate of drug-likeness (QED) is 0.900. The van der Waals surface area contributed by atoms with Crippen molar-refractivity contribution in [3.63, 3.8) is 0 Å². The molecule has 0 aromatic carbocycles. The van der Waals surface area contributed by atoms with E-state index in [0.717, 1.165) is 68.0 Å². The van der Waals surface area contributed by atoms with Gasteiger partial charge in [0.1, 0.15) is 17.4 Å². The Balaban J connectivity index is 1.49. The number of carbonyl (C=O) groups is 1. The second-order valence-electron chi connectivity index (χ2n) is 6.12. The average Bonchev–Trinajstić information content (AvgIpc) is 3.12. The van der Waals surface area contributed by atoms with E-state index in [1.807, 2.05) is 6.92 Å². The normalized spacial score (nSPS) is 20.3. The van der Waals surface area contributed by atoms with Crippen molar-refractivity contribution in [2.45, 2.75) is 58.0 Å². The Labute approximate surface area is 128 Å². The topological polar surface area (TPSA) is 85.8 Å². The number of aromatic nitrogens is 4. The van der Waals surface area contributed by atoms with Crippen LogP contribution in [0.1, 0.15) is 52.7 Å². The van der Waals surface area contributed by atoms with Crippen molar-refractivity contribution in [1.82, 2.24) is 25.2 Å². The SMILES string of the molecule is Cc1nnc2n1C[C@@H](NC(=O)c1noc3c1CCCC3)CC2. The zero-order valence-electron chi connectivity index (χ0n) is 12.6. The minimum Gasteiger partial charge on any atom is -0.360 e. The maximum absolute atomic E-state index is 12.5. The van der Waals surface area contributed by atoms with E-state index in [9.17, 15) is 4.79 Å². The summed E-state index contributed by atoms with van der Waals surface area (Å²) in [6.45, 7) is 2.66. The maximum Gasteiger partial charge on any atom is 0.274 e. The van der Waals surface area contributed by atoms with Crippen LogP contribution in [0.2, 0.25) is 0 Å². The third-order valence-corrected chi connectivity index (χ3v) is 4.63. The molecule has 1 aliphatic carbocycles. The third-order valence-electron chi connectivity index (χ3n) is 4.63. The molecule has 3 heterocycles. The van der Waals surface area contributed by atoms with Crippen LogP contribution in [-0.4, -0.2) is 31.9 Å². The Kier molecular flexibility index (Phi) is 3.20. The van der Waals surface area contributed by atoms with E-state index in [4.69, 9.17) is 4.52 Å². The van der Waals surface area contributed by atoms with Crippen LogP contribution < -0.4 is 5.32 Å². The van der Waals surface area contributed by atoms with Gasteiger partial charge in [-0.05, 0) is 32.6 Å². The molecule has 0 spiro atoms. The molecule has 2 aromatic heterocycles. The van der Waals surface area contributed by atoms with Crippen molar-refractivity contribution < 1.29 is 9.32 Å². The number of nitrogens with one attached hydrogen (secondary N) is 1. The fraction of sp³-hybridized carbons (Fsp3) is 0.600. The lowest BCUT2D eigenvalue weighted by molar-refractivity contribution is 0.0917. The molecule has 0 fully saturated rings. The highest BCUT2D eigenvalue weighted by Gasteiger charge is 2.27. The molecule has 7 heteroatoms. The second kappa shape index (κ2) is 5.23. The fourth-order valence-electron chi connectivity index (χ4n) is 3.40. The Bertz CT molecular complexity index is 718. The predicted molar refractivity (Wildman–Crippen MR) is 77.5 cm³/mol. The van der Waals surface area contributed by atoms with Gasteiger partial charge in [-0.15, -0.1) is 10.2 Å². The first-order valence-corrected chi connectivity index (χ1v) is 7.89. The minimum absolute atomic E-state index is 0.0886. The van der Waals surface area contributed by atoms with Crippen molar-refractivity contribution in [3.8, 4) is 0 Å². The van der Waals surface area contributed by atoms with E-state index < -0.39 is 0 Å². The van der Waals surface area contributed by atoms with E-state index in [1.165, 1.54) is 0 Å². The molecule has 22 heavy (non-hydrogen) atoms. The summed E-state index contributed by atoms with van der Waals surface area (Å²) in [6.07, 6.45) is 5.71. The van der Waals surface area contributed by atoms with Gasteiger partial charge in [-0.25, -0.2) is 0 Å². The van der Waals surface area contributed by atoms with Crippen molar-refractivity contribution in [1.29, 1.82) is 0 Å². The Morgan fingerprint density at radius 3 is 3.05 bits per heavy atom. The smallest absolute Gasteiger partial charge is 0.274 e. The van der Waals surface area contributed by atoms with E-state index in [0.29, 0.717) is 5.69 Å². The standard InChI is InChI=1S/C15H19N5O2/c1-9-17-18-13-7-6-10(8-20(9)13)16-15(21)14-11-4-2-3-5-12(11)22-19-14/h10H,2-8H2,1H3,(H,16,21)/t10-/m0/s1. The summed E-state index contributed by atoms with van der Waals surface area (Å²) in [6, 6.07) is 0.0886. The molecule has 1 N–H and O–H groups in total. The number of fused-ring (bicyclic) bond motifs is 2. The predicted octanol–water partition coefficient (Wildman–Crippen LogP) is 1.20. The largest absolute Gasteiger partial charge is 0.360 e. The molecule has 2 aliphatic rings. The molecular weight excluding hydrogens is 282 g/mol. The number of aryl methyl sites for hydroxylation is 3. The van der Waals surface area contributed by atoms with Gasteiger partial charge in [-0.3, -0.25) is 4.79 Å². The highest BCUT2D eigenvalue weighted by atomic mass is 16.5. The van der Waals surface area contributed by atoms with Crippen LogP contribution in [0.4, 0.5) is 0 Å². The van der Waals surface area contributed by atoms with Crippen LogP contribution >= 0.6 is 0 Å². The minimum atomic E-state index is -0.119. The highest BCUT2D eigenvalue weighted by molar-refractivity contribution is 5.94. The molecule has 0 bridgehead atoms. The lowest BCUT2D eigenvalue weighted by Gasteiger charge is -2.24. The summed E-state index contributed by atoms with van der Waals surface area (Å²) in [5.74, 6) is 2.66. The Morgan fingerprint density at radius 2 is 2.14 bits per heavy atom. The number of amides is 1. The van der Waals surface area contributed by atoms with Gasteiger partial charge in [0, 0.05) is 31.0 Å². The summed E-state index contributed by atoms with van der Waals surface area (Å²) >= 11 is 0. The third kappa shape index (κ3) is 2.20. The number of hydrogen-bond acceptors (Lipinski definition) is 5. The Hall–Kier alpha value is -2.18. The molecule has 0 saturated carbocycles. The van der Waals surface area contributed by atoms with E-state index >= 15 is 0 Å². The zero-order valence-corrected chi connectivity index (χ0v) is 12.6. The molecule has 116 valence electrons. The van der Waals surface area contributed by atoms with E-state index in [2.05, 4.69) is 25.2 Å². The van der Waals surface area contributed by atoms with Gasteiger partial charge < -0.3 is 14.4 Å². The van der Waals surface area contributed by atoms with Gasteiger partial charge in [0.2, 0.25) is 0 Å². The van der Waals surface area contributed by atoms with Gasteiger partial charge >= 0.3 is 0 Å². The first-order chi connectivity index (χ1) is 10.7. The Morgan fingerprint density at radius 1 is 1.27 bits per heavy atom. The van der Waals surface area contributed by atoms with Gasteiger partial charge in [-0.2, -0.15) is 0 Å². The molecule has 0 saturated heterocycles. The molecule has 1 amide bonds. The van der Waals surface area contributed by atoms with Crippen molar-refractivity contribution in [2.75, 3.05) is 0 Å². The lowest BCUT2D eigenvalue weighted by atomic mass is 9.96. The molecular formula is C15H19N5O2. The average molecular weight is 301 g/mol. The summed E-state index contributed by atoms with van der Waals surface area (Å²) in [5.41, 5.74) is 1.47. The van der Waals surface area contributed by atoms with Crippen LogP contribution in [0.25, 0.3) is 0 Å². The lowest BCUT2D eigenvalue weighted by Crippen LogP contribution is -2.41. The molecule has 0 unspecified atom stereocenters. The van der Waals surface area contributed by atoms with Gasteiger partial charge in [-0.1, -0.05) is 5.16 Å². The molecule has 0 radical (unpaired) electrons. The number of carbonyl (C=O) groups excluding carboxylic acids is 1. The second-order valence-corrected chi connectivity index (χ2v) is 6.12. The van der Waals surface area contributed by atoms with E-state index in [1.54, 1.807) is 0 Å². The first-order valence-electron chi connectivity index (χ1n) is 7.89. The molecule has 2 aromatic rings. The molecule has 1 aliphatic heterocycles. The van der Waals surface area contributed by atoms with Crippen molar-refractivity contribution in [3.05, 3.63) is 28.7 Å². The summed E-state index contributed by atoms with van der Waals surface area (Å²) < 4.78 is 7.40. The molecule has 7 nitrogen and oxygen atoms in total. The number of rotatable bonds is 2. The van der Waals surface area contributed by atoms with Crippen LogP contribution in [-0.2, 0) is 25.8 Å². The maximum atomic E-state index is 12.5. The van der Waals surface area contributed by atoms with Crippen molar-refractivity contribution in [2.24, 2.45) is 0 Å². The summed E-state index contributed by atoms with van der Waals surface area (Å²) in [7, 11) is 0. The fourth-order valence-corrected chi connectivity index (χ4v) is 3.40. The van der Waals surface area contributed by atoms with Gasteiger partial charge in [0.05, 0.1) is 0 Å². The first kappa shape index (κ1) is 13.5. The highest BCUT2D eigenvalue weighted by Crippen LogP contribution is 2.24. The number of nitrogens with zero attached hydrogens (tertiary/aromatic N) is 4. The zero-order chi connectivity index (χ0) is 15.1. The molecule has 4 rings (SSSR count). The molecule has 1 atom stereocenters. The van der Waals surface area contributed by atoms with Crippen LogP contribution in [0, 0.1) is 6.92 Å². The van der Waals surface area contributed by atoms with Crippen LogP contribution in [0.5, 0.6) is 0 Å². The van der Waals surface area contributed by atoms with Crippen molar-refractivity contribution >= 4 is 5.91 Å².